The van der Waals surface area contributed by atoms with E-state index in [2.05, 4.69) is 6.07 Å². The molecule has 2 atom stereocenters. The third-order valence-electron chi connectivity index (χ3n) is 5.09. The van der Waals surface area contributed by atoms with Gasteiger partial charge in [0.2, 0.25) is 0 Å². The molecule has 1 N–H and O–H groups in total. The van der Waals surface area contributed by atoms with Crippen LogP contribution in [-0.4, -0.2) is 39.4 Å². The number of carbonyl (C=O) groups excluding carboxylic acids is 1. The fraction of sp³-hybridized carbons (Fsp3) is 0.300. The molecule has 3 rings (SSSR count). The van der Waals surface area contributed by atoms with Crippen LogP contribution in [0.25, 0.3) is 0 Å². The Morgan fingerprint density at radius 2 is 1.85 bits per heavy atom. The molecule has 2 aromatic rings. The Morgan fingerprint density at radius 1 is 1.19 bits per heavy atom. The van der Waals surface area contributed by atoms with E-state index in [0.717, 1.165) is 24.1 Å². The molecule has 1 amide bonds. The molecular formula is C20H20N2O5. The molecule has 0 aromatic heterocycles. The normalized spacial score (nSPS) is 19.1. The summed E-state index contributed by atoms with van der Waals surface area (Å²) in [6.45, 7) is 4.46. The van der Waals surface area contributed by atoms with Gasteiger partial charge in [-0.05, 0) is 37.5 Å². The van der Waals surface area contributed by atoms with Gasteiger partial charge in [-0.15, -0.1) is 0 Å². The predicted molar refractivity (Wildman–Crippen MR) is 99.1 cm³/mol. The summed E-state index contributed by atoms with van der Waals surface area (Å²) < 4.78 is 0. The van der Waals surface area contributed by atoms with Gasteiger partial charge in [0.15, 0.2) is 0 Å². The molecule has 0 aliphatic carbocycles. The van der Waals surface area contributed by atoms with Crippen LogP contribution in [0.4, 0.5) is 5.69 Å². The highest BCUT2D eigenvalue weighted by molar-refractivity contribution is 5.98. The van der Waals surface area contributed by atoms with Crippen molar-refractivity contribution in [3.05, 3.63) is 74.8 Å². The lowest BCUT2D eigenvalue weighted by molar-refractivity contribution is -0.384. The number of non-ortho nitro benzene ring substituents is 1. The van der Waals surface area contributed by atoms with E-state index < -0.39 is 16.6 Å². The number of hydrogen-bond acceptors (Lipinski definition) is 4. The lowest BCUT2D eigenvalue weighted by Crippen LogP contribution is -2.34. The van der Waals surface area contributed by atoms with Gasteiger partial charge >= 0.3 is 5.97 Å². The smallest absolute Gasteiger partial charge is 0.335 e. The van der Waals surface area contributed by atoms with Crippen molar-refractivity contribution in [2.45, 2.75) is 32.2 Å². The first kappa shape index (κ1) is 18.6. The second-order valence-electron chi connectivity index (χ2n) is 6.93. The number of nitrogens with zero attached hydrogens (tertiary/aromatic N) is 2. The number of benzene rings is 2. The first-order valence-corrected chi connectivity index (χ1v) is 8.67. The Bertz CT molecular complexity index is 892. The maximum Gasteiger partial charge on any atom is 0.335 e. The number of likely N-dealkylation sites (tertiary alicyclic amines) is 1. The summed E-state index contributed by atoms with van der Waals surface area (Å²) in [5, 5.41) is 20.3. The molecule has 2 aromatic carbocycles. The minimum atomic E-state index is -1.31. The highest BCUT2D eigenvalue weighted by atomic mass is 16.6. The van der Waals surface area contributed by atoms with Crippen LogP contribution in [0.1, 0.15) is 51.1 Å². The van der Waals surface area contributed by atoms with E-state index in [-0.39, 0.29) is 29.0 Å². The largest absolute Gasteiger partial charge is 0.478 e. The number of aryl methyl sites for hydroxylation is 1. The van der Waals surface area contributed by atoms with E-state index >= 15 is 0 Å². The molecule has 1 saturated heterocycles. The van der Waals surface area contributed by atoms with Crippen LogP contribution in [0.5, 0.6) is 0 Å². The number of aromatic carboxylic acids is 1. The summed E-state index contributed by atoms with van der Waals surface area (Å²) in [7, 11) is 0. The number of rotatable bonds is 4. The Morgan fingerprint density at radius 3 is 2.48 bits per heavy atom. The van der Waals surface area contributed by atoms with Gasteiger partial charge < -0.3 is 10.0 Å². The zero-order valence-corrected chi connectivity index (χ0v) is 15.1. The molecule has 0 bridgehead atoms. The number of carbonyl (C=O) groups is 2. The maximum absolute atomic E-state index is 13.0. The van der Waals surface area contributed by atoms with Gasteiger partial charge in [-0.25, -0.2) is 4.79 Å². The van der Waals surface area contributed by atoms with E-state index in [4.69, 9.17) is 0 Å². The third-order valence-corrected chi connectivity index (χ3v) is 5.09. The molecule has 1 aliphatic heterocycles. The van der Waals surface area contributed by atoms with Gasteiger partial charge in [-0.2, -0.15) is 0 Å². The number of amides is 1. The SMILES string of the molecule is Cc1ccccc1C1CC(C)N(C(=O)c2cc(C(=O)O)cc([N+](=O)[O-])c2)C1. The molecule has 2 unspecified atom stereocenters. The number of nitro groups is 1. The standard InChI is InChI=1S/C20H20N2O5/c1-12-5-3-4-6-18(12)16-7-13(2)21(11-16)19(23)14-8-15(20(24)25)10-17(9-14)22(26)27/h3-6,8-10,13,16H,7,11H2,1-2H3,(H,24,25). The summed E-state index contributed by atoms with van der Waals surface area (Å²) in [6, 6.07) is 11.3. The number of carboxylic acid groups (broad SMARTS) is 1. The Labute approximate surface area is 156 Å². The van der Waals surface area contributed by atoms with Gasteiger partial charge in [-0.1, -0.05) is 24.3 Å². The van der Waals surface area contributed by atoms with Crippen LogP contribution in [-0.2, 0) is 0 Å². The van der Waals surface area contributed by atoms with Gasteiger partial charge in [-0.3, -0.25) is 14.9 Å². The average molecular weight is 368 g/mol. The van der Waals surface area contributed by atoms with E-state index in [0.29, 0.717) is 6.54 Å². The third kappa shape index (κ3) is 3.67. The zero-order chi connectivity index (χ0) is 19.7. The lowest BCUT2D eigenvalue weighted by Gasteiger charge is -2.22. The molecule has 0 saturated carbocycles. The fourth-order valence-corrected chi connectivity index (χ4v) is 3.71. The van der Waals surface area contributed by atoms with Crippen molar-refractivity contribution in [3.8, 4) is 0 Å². The van der Waals surface area contributed by atoms with Crippen LogP contribution in [0, 0.1) is 17.0 Å². The molecule has 0 radical (unpaired) electrons. The number of nitro benzene ring substituents is 1. The Kier molecular flexibility index (Phi) is 4.94. The predicted octanol–water partition coefficient (Wildman–Crippen LogP) is 3.62. The van der Waals surface area contributed by atoms with Crippen molar-refractivity contribution < 1.29 is 19.6 Å². The summed E-state index contributed by atoms with van der Waals surface area (Å²) >= 11 is 0. The van der Waals surface area contributed by atoms with Crippen molar-refractivity contribution >= 4 is 17.6 Å². The van der Waals surface area contributed by atoms with Gasteiger partial charge in [0, 0.05) is 36.2 Å². The molecule has 27 heavy (non-hydrogen) atoms. The molecular weight excluding hydrogens is 348 g/mol. The number of hydrogen-bond donors (Lipinski definition) is 1. The fourth-order valence-electron chi connectivity index (χ4n) is 3.71. The van der Waals surface area contributed by atoms with Crippen molar-refractivity contribution in [3.63, 3.8) is 0 Å². The Hall–Kier alpha value is -3.22. The van der Waals surface area contributed by atoms with E-state index in [1.165, 1.54) is 11.6 Å². The second kappa shape index (κ2) is 7.19. The number of carboxylic acids is 1. The summed E-state index contributed by atoms with van der Waals surface area (Å²) in [6.07, 6.45) is 0.789. The van der Waals surface area contributed by atoms with Crippen LogP contribution < -0.4 is 0 Å². The zero-order valence-electron chi connectivity index (χ0n) is 15.1. The highest BCUT2D eigenvalue weighted by Gasteiger charge is 2.35. The first-order valence-electron chi connectivity index (χ1n) is 8.67. The van der Waals surface area contributed by atoms with Gasteiger partial charge in [0.1, 0.15) is 0 Å². The van der Waals surface area contributed by atoms with Crippen LogP contribution in [0.2, 0.25) is 0 Å². The van der Waals surface area contributed by atoms with Crippen LogP contribution >= 0.6 is 0 Å². The lowest BCUT2D eigenvalue weighted by atomic mass is 9.93. The topological polar surface area (TPSA) is 101 Å². The molecule has 140 valence electrons. The van der Waals surface area contributed by atoms with Crippen molar-refractivity contribution in [2.24, 2.45) is 0 Å². The van der Waals surface area contributed by atoms with E-state index in [9.17, 15) is 24.8 Å². The monoisotopic (exact) mass is 368 g/mol. The minimum Gasteiger partial charge on any atom is -0.478 e. The minimum absolute atomic E-state index is 0.0267. The average Bonchev–Trinajstić information content (AvgIpc) is 3.02. The van der Waals surface area contributed by atoms with E-state index in [1.54, 1.807) is 4.90 Å². The van der Waals surface area contributed by atoms with Gasteiger partial charge in [0.05, 0.1) is 10.5 Å². The molecule has 0 spiro atoms. The van der Waals surface area contributed by atoms with Crippen molar-refractivity contribution in [2.75, 3.05) is 6.54 Å². The molecule has 1 heterocycles. The van der Waals surface area contributed by atoms with Gasteiger partial charge in [0.25, 0.3) is 11.6 Å². The maximum atomic E-state index is 13.0. The second-order valence-corrected chi connectivity index (χ2v) is 6.93. The van der Waals surface area contributed by atoms with Crippen LogP contribution in [0.15, 0.2) is 42.5 Å². The summed E-state index contributed by atoms with van der Waals surface area (Å²) in [5.74, 6) is -1.51. The van der Waals surface area contributed by atoms with Crippen molar-refractivity contribution in [1.82, 2.24) is 4.90 Å². The Balaban J connectivity index is 1.91. The van der Waals surface area contributed by atoms with Crippen LogP contribution in [0.3, 0.4) is 0 Å². The molecule has 1 aliphatic rings. The summed E-state index contributed by atoms with van der Waals surface area (Å²) in [4.78, 5) is 36.3. The molecule has 7 heteroatoms. The molecule has 7 nitrogen and oxygen atoms in total. The summed E-state index contributed by atoms with van der Waals surface area (Å²) in [5.41, 5.74) is 1.70. The quantitative estimate of drug-likeness (QED) is 0.656. The molecule has 1 fully saturated rings. The van der Waals surface area contributed by atoms with E-state index in [1.807, 2.05) is 32.0 Å². The first-order chi connectivity index (χ1) is 12.8. The van der Waals surface area contributed by atoms with Crippen molar-refractivity contribution in [1.29, 1.82) is 0 Å². The highest BCUT2D eigenvalue weighted by Crippen LogP contribution is 2.34.